The number of benzene rings is 1. The summed E-state index contributed by atoms with van der Waals surface area (Å²) in [7, 11) is 1.58. The van der Waals surface area contributed by atoms with Crippen LogP contribution in [0.15, 0.2) is 51.6 Å². The second kappa shape index (κ2) is 21.8. The summed E-state index contributed by atoms with van der Waals surface area (Å²) < 4.78 is 0. The monoisotopic (exact) mass is 388 g/mol. The van der Waals surface area contributed by atoms with Gasteiger partial charge in [-0.25, -0.2) is 0 Å². The van der Waals surface area contributed by atoms with E-state index in [1.807, 2.05) is 20.5 Å². The minimum Gasteiger partial charge on any atom is -0.345 e. The summed E-state index contributed by atoms with van der Waals surface area (Å²) in [5.41, 5.74) is 3.79. The normalized spacial score (nSPS) is 10.8. The molecule has 0 atom stereocenters. The molecule has 0 fully saturated rings. The van der Waals surface area contributed by atoms with Crippen LogP contribution in [-0.4, -0.2) is 50.7 Å². The first-order valence-electron chi connectivity index (χ1n) is 8.44. The lowest BCUT2D eigenvalue weighted by Crippen LogP contribution is -2.33. The summed E-state index contributed by atoms with van der Waals surface area (Å²) in [5, 5.41) is 10.3. The molecule has 1 aromatic rings. The van der Waals surface area contributed by atoms with Crippen molar-refractivity contribution < 1.29 is 14.4 Å². The molecule has 0 unspecified atom stereocenters. The number of rotatable bonds is 5. The van der Waals surface area contributed by atoms with Crippen molar-refractivity contribution in [2.45, 2.75) is 34.6 Å². The molecule has 154 valence electrons. The van der Waals surface area contributed by atoms with Crippen LogP contribution in [0.4, 0.5) is 0 Å². The fraction of sp³-hybridized carbons (Fsp3) is 0.333. The topological polar surface area (TPSA) is 100 Å². The van der Waals surface area contributed by atoms with E-state index in [9.17, 15) is 4.79 Å². The molecule has 7 heteroatoms. The van der Waals surface area contributed by atoms with Gasteiger partial charge >= 0.3 is 0 Å². The molecule has 0 aliphatic carbocycles. The van der Waals surface area contributed by atoms with Crippen molar-refractivity contribution in [1.82, 2.24) is 5.32 Å². The Morgan fingerprint density at radius 2 is 1.50 bits per heavy atom. The number of aryl methyl sites for hydroxylation is 2. The first-order valence-corrected chi connectivity index (χ1v) is 8.44. The third kappa shape index (κ3) is 17.6. The molecule has 0 radical (unpaired) electrons. The molecule has 0 spiro atoms. The van der Waals surface area contributed by atoms with Gasteiger partial charge < -0.3 is 14.9 Å². The number of hydrogen-bond acceptors (Lipinski definition) is 6. The molecule has 0 aliphatic rings. The van der Waals surface area contributed by atoms with Crippen LogP contribution >= 0.6 is 0 Å². The summed E-state index contributed by atoms with van der Waals surface area (Å²) >= 11 is 0. The highest BCUT2D eigenvalue weighted by Gasteiger charge is 2.06. The number of amides is 1. The van der Waals surface area contributed by atoms with Crippen molar-refractivity contribution in [2.24, 2.45) is 15.2 Å². The Balaban J connectivity index is -0.000000432. The Kier molecular flexibility index (Phi) is 23.0. The average molecular weight is 389 g/mol. The van der Waals surface area contributed by atoms with Crippen LogP contribution in [0, 0.1) is 13.8 Å². The average Bonchev–Trinajstić information content (AvgIpc) is 2.74. The smallest absolute Gasteiger partial charge is 0.269 e. The Morgan fingerprint density at radius 3 is 1.86 bits per heavy atom. The Bertz CT molecular complexity index is 625. The maximum Gasteiger partial charge on any atom is 0.269 e. The summed E-state index contributed by atoms with van der Waals surface area (Å²) in [6, 6.07) is 8.48. The van der Waals surface area contributed by atoms with Gasteiger partial charge in [0.25, 0.3) is 5.91 Å². The zero-order valence-corrected chi connectivity index (χ0v) is 17.7. The highest BCUT2D eigenvalue weighted by molar-refractivity contribution is 6.43. The summed E-state index contributed by atoms with van der Waals surface area (Å²) in [5.74, 6) is -0.212. The number of carbonyl (C=O) groups is 3. The SMILES string of the molecule is C/C=C\C(=NC)C(=O)NC/C(C)=N/N=C\C.C=O.C=O.Cc1ccc(C)cc1. The van der Waals surface area contributed by atoms with Gasteiger partial charge in [-0.2, -0.15) is 10.2 Å². The fourth-order valence-corrected chi connectivity index (χ4v) is 1.54. The number of nitrogens with one attached hydrogen (secondary N) is 1. The molecule has 0 aromatic heterocycles. The van der Waals surface area contributed by atoms with E-state index >= 15 is 0 Å². The van der Waals surface area contributed by atoms with Gasteiger partial charge in [0.1, 0.15) is 19.3 Å². The van der Waals surface area contributed by atoms with Crippen LogP contribution in [0.2, 0.25) is 0 Å². The van der Waals surface area contributed by atoms with Gasteiger partial charge in [-0.1, -0.05) is 41.5 Å². The second-order valence-electron chi connectivity index (χ2n) is 5.16. The van der Waals surface area contributed by atoms with E-state index in [2.05, 4.69) is 58.6 Å². The number of aliphatic imine (C=N–C) groups is 1. The lowest BCUT2D eigenvalue weighted by molar-refractivity contribution is -0.114. The molecule has 7 nitrogen and oxygen atoms in total. The largest absolute Gasteiger partial charge is 0.345 e. The Labute approximate surface area is 168 Å². The van der Waals surface area contributed by atoms with Gasteiger partial charge in [0, 0.05) is 13.3 Å². The van der Waals surface area contributed by atoms with Crippen LogP contribution in [0.25, 0.3) is 0 Å². The quantitative estimate of drug-likeness (QED) is 0.619. The van der Waals surface area contributed by atoms with Crippen LogP contribution < -0.4 is 5.32 Å². The van der Waals surface area contributed by atoms with Crippen molar-refractivity contribution in [1.29, 1.82) is 0 Å². The molecular weight excluding hydrogens is 356 g/mol. The van der Waals surface area contributed by atoms with E-state index in [0.717, 1.165) is 5.71 Å². The van der Waals surface area contributed by atoms with E-state index in [-0.39, 0.29) is 5.91 Å². The maximum absolute atomic E-state index is 11.6. The molecule has 1 rings (SSSR count). The predicted octanol–water partition coefficient (Wildman–Crippen LogP) is 3.15. The zero-order chi connectivity index (χ0) is 22.4. The Morgan fingerprint density at radius 1 is 1.04 bits per heavy atom. The fourth-order valence-electron chi connectivity index (χ4n) is 1.54. The van der Waals surface area contributed by atoms with Gasteiger partial charge in [-0.3, -0.25) is 9.79 Å². The number of carbonyl (C=O) groups excluding carboxylic acids is 3. The van der Waals surface area contributed by atoms with E-state index in [1.165, 1.54) is 11.1 Å². The molecule has 1 amide bonds. The van der Waals surface area contributed by atoms with Gasteiger partial charge in [-0.05, 0) is 40.7 Å². The van der Waals surface area contributed by atoms with Gasteiger partial charge in [0.2, 0.25) is 0 Å². The van der Waals surface area contributed by atoms with Crippen LogP contribution in [0.1, 0.15) is 31.9 Å². The molecule has 0 saturated carbocycles. The first kappa shape index (κ1) is 29.5. The van der Waals surface area contributed by atoms with Crippen molar-refractivity contribution in [3.8, 4) is 0 Å². The minimum atomic E-state index is -0.212. The van der Waals surface area contributed by atoms with E-state index in [4.69, 9.17) is 9.59 Å². The molecule has 1 aromatic carbocycles. The first-order chi connectivity index (χ1) is 13.4. The van der Waals surface area contributed by atoms with Crippen molar-refractivity contribution in [2.75, 3.05) is 13.6 Å². The Hall–Kier alpha value is -3.22. The molecule has 28 heavy (non-hydrogen) atoms. The number of nitrogens with zero attached hydrogens (tertiary/aromatic N) is 3. The predicted molar refractivity (Wildman–Crippen MR) is 119 cm³/mol. The number of hydrogen-bond donors (Lipinski definition) is 1. The van der Waals surface area contributed by atoms with Gasteiger partial charge in [0.05, 0.1) is 12.3 Å². The van der Waals surface area contributed by atoms with Gasteiger partial charge in [0.15, 0.2) is 0 Å². The number of allylic oxidation sites excluding steroid dienone is 1. The van der Waals surface area contributed by atoms with E-state index in [1.54, 1.807) is 39.3 Å². The third-order valence-electron chi connectivity index (χ3n) is 2.87. The maximum atomic E-state index is 11.6. The standard InChI is InChI=1S/C11H18N4O.C8H10.2CH2O/c1-5-7-10(12-4)11(16)13-8-9(3)15-14-6-2;1-7-3-5-8(2)6-4-7;2*1-2/h5-7H,8H2,1-4H3,(H,13,16);3-6H,1-2H3;2*1H2/b7-5-,12-10?,14-6-,15-9+;;;. The lowest BCUT2D eigenvalue weighted by Gasteiger charge is -2.03. The lowest BCUT2D eigenvalue weighted by atomic mass is 10.2. The van der Waals surface area contributed by atoms with Crippen LogP contribution in [-0.2, 0) is 14.4 Å². The summed E-state index contributed by atoms with van der Waals surface area (Å²) in [4.78, 5) is 31.4. The molecule has 0 heterocycles. The van der Waals surface area contributed by atoms with Crippen molar-refractivity contribution in [3.05, 3.63) is 47.5 Å². The minimum absolute atomic E-state index is 0.212. The highest BCUT2D eigenvalue weighted by atomic mass is 16.1. The van der Waals surface area contributed by atoms with Gasteiger partial charge in [-0.15, -0.1) is 0 Å². The molecule has 0 bridgehead atoms. The summed E-state index contributed by atoms with van der Waals surface area (Å²) in [6.07, 6.45) is 5.01. The van der Waals surface area contributed by atoms with E-state index < -0.39 is 0 Å². The zero-order valence-electron chi connectivity index (χ0n) is 17.7. The summed E-state index contributed by atoms with van der Waals surface area (Å²) in [6.45, 7) is 14.0. The highest BCUT2D eigenvalue weighted by Crippen LogP contribution is 1.99. The van der Waals surface area contributed by atoms with E-state index in [0.29, 0.717) is 12.3 Å². The molecular formula is C21H32N4O3. The molecule has 0 aliphatic heterocycles. The van der Waals surface area contributed by atoms with Crippen LogP contribution in [0.3, 0.4) is 0 Å². The second-order valence-corrected chi connectivity index (χ2v) is 5.16. The molecule has 1 N–H and O–H groups in total. The van der Waals surface area contributed by atoms with Crippen molar-refractivity contribution >= 4 is 37.1 Å². The van der Waals surface area contributed by atoms with Crippen molar-refractivity contribution in [3.63, 3.8) is 0 Å². The van der Waals surface area contributed by atoms with Crippen LogP contribution in [0.5, 0.6) is 0 Å². The third-order valence-corrected chi connectivity index (χ3v) is 2.87. The molecule has 0 saturated heterocycles.